The Labute approximate surface area is 180 Å². The van der Waals surface area contributed by atoms with Gasteiger partial charge in [-0.05, 0) is 43.7 Å². The number of carbonyl (C=O) groups excluding carboxylic acids is 1. The number of pyridine rings is 1. The molecule has 4 aromatic rings. The van der Waals surface area contributed by atoms with Crippen LogP contribution in [-0.2, 0) is 0 Å². The Morgan fingerprint density at radius 1 is 1.23 bits per heavy atom. The van der Waals surface area contributed by atoms with E-state index in [2.05, 4.69) is 9.97 Å². The number of aryl methyl sites for hydroxylation is 1. The molecule has 8 heteroatoms. The number of halogens is 2. The van der Waals surface area contributed by atoms with Crippen LogP contribution in [0.3, 0.4) is 0 Å². The van der Waals surface area contributed by atoms with Gasteiger partial charge in [0.2, 0.25) is 5.56 Å². The maximum atomic E-state index is 14.3. The van der Waals surface area contributed by atoms with E-state index in [9.17, 15) is 14.0 Å². The molecule has 0 saturated carbocycles. The summed E-state index contributed by atoms with van der Waals surface area (Å²) in [6.45, 7) is 3.57. The van der Waals surface area contributed by atoms with Crippen LogP contribution in [0.1, 0.15) is 33.9 Å². The number of hydrogen-bond acceptors (Lipinski definition) is 4. The molecule has 30 heavy (non-hydrogen) atoms. The first kappa shape index (κ1) is 20.3. The Balaban J connectivity index is 1.93. The van der Waals surface area contributed by atoms with Gasteiger partial charge in [0.25, 0.3) is 5.91 Å². The molecule has 2 aromatic carbocycles. The van der Waals surface area contributed by atoms with Crippen molar-refractivity contribution in [1.82, 2.24) is 9.97 Å². The van der Waals surface area contributed by atoms with E-state index in [0.29, 0.717) is 32.2 Å². The van der Waals surface area contributed by atoms with Gasteiger partial charge in [-0.1, -0.05) is 29.8 Å². The third kappa shape index (κ3) is 3.62. The van der Waals surface area contributed by atoms with Crippen LogP contribution in [0.5, 0.6) is 0 Å². The summed E-state index contributed by atoms with van der Waals surface area (Å²) < 4.78 is 14.3. The number of rotatable bonds is 4. The van der Waals surface area contributed by atoms with E-state index in [1.165, 1.54) is 23.5 Å². The molecule has 2 aromatic heterocycles. The summed E-state index contributed by atoms with van der Waals surface area (Å²) in [5.41, 5.74) is 3.00. The Morgan fingerprint density at radius 3 is 2.70 bits per heavy atom. The maximum Gasteiger partial charge on any atom is 0.270 e. The SMILES string of the molecule is Cc1ncsc1C(=O)N(c1cccc(Cl)c1)C(C)c1cc(=O)[nH]c2c(F)cccc12. The minimum Gasteiger partial charge on any atom is -0.319 e. The average Bonchev–Trinajstić information content (AvgIpc) is 3.14. The second-order valence-electron chi connectivity index (χ2n) is 6.85. The fraction of sp³-hybridized carbons (Fsp3) is 0.136. The summed E-state index contributed by atoms with van der Waals surface area (Å²) in [5, 5.41) is 1.00. The van der Waals surface area contributed by atoms with Gasteiger partial charge in [0.05, 0.1) is 22.8 Å². The zero-order chi connectivity index (χ0) is 21.4. The molecule has 0 radical (unpaired) electrons. The number of anilines is 1. The molecule has 1 amide bonds. The number of thiazole rings is 1. The quantitative estimate of drug-likeness (QED) is 0.455. The van der Waals surface area contributed by atoms with E-state index in [1.54, 1.807) is 60.7 Å². The molecule has 0 saturated heterocycles. The summed E-state index contributed by atoms with van der Waals surface area (Å²) in [6, 6.07) is 12.3. The van der Waals surface area contributed by atoms with E-state index in [4.69, 9.17) is 11.6 Å². The lowest BCUT2D eigenvalue weighted by molar-refractivity contribution is 0.0981. The van der Waals surface area contributed by atoms with Crippen molar-refractivity contribution in [2.75, 3.05) is 4.90 Å². The molecule has 1 atom stereocenters. The number of H-pyrrole nitrogens is 1. The lowest BCUT2D eigenvalue weighted by atomic mass is 10.0. The molecule has 0 aliphatic heterocycles. The van der Waals surface area contributed by atoms with E-state index in [-0.39, 0.29) is 11.4 Å². The first-order chi connectivity index (χ1) is 14.4. The third-order valence-electron chi connectivity index (χ3n) is 4.94. The fourth-order valence-electron chi connectivity index (χ4n) is 3.51. The number of hydrogen-bond donors (Lipinski definition) is 1. The number of aromatic amines is 1. The summed E-state index contributed by atoms with van der Waals surface area (Å²) in [7, 11) is 0. The molecule has 0 spiro atoms. The molecule has 0 bridgehead atoms. The van der Waals surface area contributed by atoms with Crippen LogP contribution < -0.4 is 10.5 Å². The predicted molar refractivity (Wildman–Crippen MR) is 118 cm³/mol. The number of amides is 1. The molecule has 0 fully saturated rings. The molecule has 5 nitrogen and oxygen atoms in total. The van der Waals surface area contributed by atoms with Crippen LogP contribution in [0.4, 0.5) is 10.1 Å². The van der Waals surface area contributed by atoms with Crippen LogP contribution >= 0.6 is 22.9 Å². The molecule has 4 rings (SSSR count). The average molecular weight is 442 g/mol. The lowest BCUT2D eigenvalue weighted by Crippen LogP contribution is -2.34. The van der Waals surface area contributed by atoms with Gasteiger partial charge in [0.1, 0.15) is 10.7 Å². The zero-order valence-electron chi connectivity index (χ0n) is 16.1. The van der Waals surface area contributed by atoms with Gasteiger partial charge in [0, 0.05) is 22.2 Å². The van der Waals surface area contributed by atoms with Gasteiger partial charge in [-0.25, -0.2) is 9.37 Å². The normalized spacial score (nSPS) is 12.1. The van der Waals surface area contributed by atoms with Gasteiger partial charge >= 0.3 is 0 Å². The van der Waals surface area contributed by atoms with Crippen molar-refractivity contribution in [3.63, 3.8) is 0 Å². The topological polar surface area (TPSA) is 66.1 Å². The third-order valence-corrected chi connectivity index (χ3v) is 6.09. The van der Waals surface area contributed by atoms with Crippen molar-refractivity contribution >= 4 is 45.4 Å². The number of nitrogens with zero attached hydrogens (tertiary/aromatic N) is 2. The molecule has 0 aliphatic rings. The van der Waals surface area contributed by atoms with Crippen molar-refractivity contribution in [2.45, 2.75) is 19.9 Å². The first-order valence-corrected chi connectivity index (χ1v) is 10.4. The van der Waals surface area contributed by atoms with Crippen molar-refractivity contribution in [2.24, 2.45) is 0 Å². The Kier molecular flexibility index (Phi) is 5.40. The molecular weight excluding hydrogens is 425 g/mol. The van der Waals surface area contributed by atoms with Gasteiger partial charge in [-0.3, -0.25) is 9.59 Å². The van der Waals surface area contributed by atoms with E-state index in [1.807, 2.05) is 0 Å². The second kappa shape index (κ2) is 8.01. The Bertz CT molecular complexity index is 1320. The number of para-hydroxylation sites is 1. The fourth-order valence-corrected chi connectivity index (χ4v) is 4.44. The summed E-state index contributed by atoms with van der Waals surface area (Å²) >= 11 is 7.43. The molecule has 2 heterocycles. The van der Waals surface area contributed by atoms with Crippen LogP contribution in [0, 0.1) is 12.7 Å². The highest BCUT2D eigenvalue weighted by Crippen LogP contribution is 2.34. The van der Waals surface area contributed by atoms with E-state index < -0.39 is 17.4 Å². The van der Waals surface area contributed by atoms with Crippen LogP contribution in [0.25, 0.3) is 10.9 Å². The zero-order valence-corrected chi connectivity index (χ0v) is 17.7. The number of fused-ring (bicyclic) bond motifs is 1. The molecule has 152 valence electrons. The van der Waals surface area contributed by atoms with Crippen molar-refractivity contribution in [3.8, 4) is 0 Å². The number of carbonyl (C=O) groups is 1. The summed E-state index contributed by atoms with van der Waals surface area (Å²) in [4.78, 5) is 34.6. The predicted octanol–water partition coefficient (Wildman–Crippen LogP) is 5.49. The maximum absolute atomic E-state index is 14.3. The van der Waals surface area contributed by atoms with Crippen LogP contribution in [-0.4, -0.2) is 15.9 Å². The Morgan fingerprint density at radius 2 is 2.00 bits per heavy atom. The van der Waals surface area contributed by atoms with E-state index in [0.717, 1.165) is 0 Å². The largest absolute Gasteiger partial charge is 0.319 e. The minimum atomic E-state index is -0.580. The molecule has 0 aliphatic carbocycles. The summed E-state index contributed by atoms with van der Waals surface area (Å²) in [5.74, 6) is -0.799. The number of nitrogens with one attached hydrogen (secondary N) is 1. The smallest absolute Gasteiger partial charge is 0.270 e. The molecular formula is C22H17ClFN3O2S. The Hall–Kier alpha value is -3.03. The number of aromatic nitrogens is 2. The standard InChI is InChI=1S/C22H17ClFN3O2S/c1-12-21(30-11-25-12)22(29)27(15-6-3-5-14(23)9-15)13(2)17-10-19(28)26-20-16(17)7-4-8-18(20)24/h3-11,13H,1-2H3,(H,26,28). The highest BCUT2D eigenvalue weighted by Gasteiger charge is 2.28. The highest BCUT2D eigenvalue weighted by atomic mass is 35.5. The van der Waals surface area contributed by atoms with Gasteiger partial charge in [-0.15, -0.1) is 11.3 Å². The lowest BCUT2D eigenvalue weighted by Gasteiger charge is -2.30. The van der Waals surface area contributed by atoms with Crippen molar-refractivity contribution < 1.29 is 9.18 Å². The first-order valence-electron chi connectivity index (χ1n) is 9.17. The van der Waals surface area contributed by atoms with Crippen molar-refractivity contribution in [1.29, 1.82) is 0 Å². The minimum absolute atomic E-state index is 0.110. The molecule has 1 unspecified atom stereocenters. The summed E-state index contributed by atoms with van der Waals surface area (Å²) in [6.07, 6.45) is 0. The van der Waals surface area contributed by atoms with Crippen LogP contribution in [0.15, 0.2) is 58.8 Å². The number of benzene rings is 2. The second-order valence-corrected chi connectivity index (χ2v) is 8.14. The van der Waals surface area contributed by atoms with Gasteiger partial charge < -0.3 is 9.88 Å². The van der Waals surface area contributed by atoms with Gasteiger partial charge in [0.15, 0.2) is 0 Å². The van der Waals surface area contributed by atoms with Crippen LogP contribution in [0.2, 0.25) is 5.02 Å². The van der Waals surface area contributed by atoms with Crippen molar-refractivity contribution in [3.05, 3.63) is 91.4 Å². The van der Waals surface area contributed by atoms with E-state index >= 15 is 0 Å². The van der Waals surface area contributed by atoms with Gasteiger partial charge in [-0.2, -0.15) is 0 Å². The highest BCUT2D eigenvalue weighted by molar-refractivity contribution is 7.12. The molecule has 1 N–H and O–H groups in total. The monoisotopic (exact) mass is 441 g/mol.